The summed E-state index contributed by atoms with van der Waals surface area (Å²) in [4.78, 5) is 20.6. The highest BCUT2D eigenvalue weighted by Gasteiger charge is 2.30. The van der Waals surface area contributed by atoms with Gasteiger partial charge in [-0.05, 0) is 41.9 Å². The van der Waals surface area contributed by atoms with Crippen LogP contribution < -0.4 is 0 Å². The predicted octanol–water partition coefficient (Wildman–Crippen LogP) is 1.84. The summed E-state index contributed by atoms with van der Waals surface area (Å²) in [5.74, 6) is -1.28. The van der Waals surface area contributed by atoms with E-state index >= 15 is 0 Å². The second-order valence-electron chi connectivity index (χ2n) is 4.41. The maximum atomic E-state index is 12.4. The molecule has 1 aromatic rings. The predicted molar refractivity (Wildman–Crippen MR) is 77.5 cm³/mol. The number of carboxylic acid groups (broad SMARTS) is 1. The van der Waals surface area contributed by atoms with Crippen LogP contribution in [0.15, 0.2) is 27.6 Å². The third-order valence-electron chi connectivity index (χ3n) is 2.59. The molecule has 116 valence electrons. The van der Waals surface area contributed by atoms with Gasteiger partial charge in [0.2, 0.25) is 10.0 Å². The lowest BCUT2D eigenvalue weighted by atomic mass is 10.3. The van der Waals surface area contributed by atoms with E-state index in [1.54, 1.807) is 13.8 Å². The summed E-state index contributed by atoms with van der Waals surface area (Å²) >= 11 is 2.94. The van der Waals surface area contributed by atoms with Crippen LogP contribution in [0.4, 0.5) is 5.69 Å². The van der Waals surface area contributed by atoms with Gasteiger partial charge in [0.15, 0.2) is 0 Å². The molecule has 10 heteroatoms. The van der Waals surface area contributed by atoms with Crippen LogP contribution in [0.2, 0.25) is 0 Å². The fourth-order valence-electron chi connectivity index (χ4n) is 1.61. The van der Waals surface area contributed by atoms with Gasteiger partial charge in [0.25, 0.3) is 5.69 Å². The molecular weight excluding hydrogens is 368 g/mol. The van der Waals surface area contributed by atoms with Gasteiger partial charge >= 0.3 is 5.97 Å². The Hall–Kier alpha value is -1.52. The van der Waals surface area contributed by atoms with E-state index < -0.39 is 33.5 Å². The summed E-state index contributed by atoms with van der Waals surface area (Å²) in [5.41, 5.74) is -0.275. The average molecular weight is 381 g/mol. The second-order valence-corrected chi connectivity index (χ2v) is 7.15. The minimum atomic E-state index is -4.06. The number of nitro benzene ring substituents is 1. The summed E-state index contributed by atoms with van der Waals surface area (Å²) in [6.45, 7) is 2.40. The molecule has 0 heterocycles. The summed E-state index contributed by atoms with van der Waals surface area (Å²) in [6.07, 6.45) is 0. The second kappa shape index (κ2) is 6.50. The standard InChI is InChI=1S/C11H13BrN2O6S/c1-7(2)13(6-11(15)16)21(19,20)8-3-4-10(14(17)18)9(12)5-8/h3-5,7H,6H2,1-2H3,(H,15,16). The van der Waals surface area contributed by atoms with E-state index in [1.165, 1.54) is 0 Å². The van der Waals surface area contributed by atoms with Crippen LogP contribution in [0.5, 0.6) is 0 Å². The number of carboxylic acids is 1. The average Bonchev–Trinajstić information content (AvgIpc) is 2.34. The maximum absolute atomic E-state index is 12.4. The van der Waals surface area contributed by atoms with Gasteiger partial charge in [-0.1, -0.05) is 0 Å². The Balaban J connectivity index is 3.32. The molecule has 1 aromatic carbocycles. The van der Waals surface area contributed by atoms with E-state index in [2.05, 4.69) is 15.9 Å². The largest absolute Gasteiger partial charge is 0.480 e. The molecule has 0 saturated carbocycles. The van der Waals surface area contributed by atoms with Gasteiger partial charge in [-0.25, -0.2) is 8.42 Å². The zero-order valence-corrected chi connectivity index (χ0v) is 13.6. The van der Waals surface area contributed by atoms with Gasteiger partial charge < -0.3 is 5.11 Å². The monoisotopic (exact) mass is 380 g/mol. The molecule has 0 spiro atoms. The number of hydrogen-bond acceptors (Lipinski definition) is 5. The Morgan fingerprint density at radius 3 is 2.43 bits per heavy atom. The number of rotatable bonds is 6. The van der Waals surface area contributed by atoms with Gasteiger partial charge in [-0.2, -0.15) is 4.31 Å². The van der Waals surface area contributed by atoms with Crippen LogP contribution in [-0.4, -0.2) is 41.3 Å². The van der Waals surface area contributed by atoms with E-state index in [4.69, 9.17) is 5.11 Å². The number of halogens is 1. The molecule has 0 aromatic heterocycles. The van der Waals surface area contributed by atoms with Crippen LogP contribution in [0, 0.1) is 10.1 Å². The number of benzene rings is 1. The number of aliphatic carboxylic acids is 1. The van der Waals surface area contributed by atoms with Crippen molar-refractivity contribution in [3.63, 3.8) is 0 Å². The normalized spacial score (nSPS) is 11.9. The summed E-state index contributed by atoms with van der Waals surface area (Å²) in [7, 11) is -4.06. The number of nitro groups is 1. The van der Waals surface area contributed by atoms with E-state index in [0.717, 1.165) is 22.5 Å². The lowest BCUT2D eigenvalue weighted by Gasteiger charge is -2.24. The molecule has 21 heavy (non-hydrogen) atoms. The van der Waals surface area contributed by atoms with Crippen molar-refractivity contribution in [2.24, 2.45) is 0 Å². The summed E-state index contributed by atoms with van der Waals surface area (Å²) in [5, 5.41) is 19.5. The molecule has 0 fully saturated rings. The van der Waals surface area contributed by atoms with Crippen LogP contribution in [0.3, 0.4) is 0 Å². The van der Waals surface area contributed by atoms with Crippen molar-refractivity contribution < 1.29 is 23.2 Å². The molecule has 1 rings (SSSR count). The Morgan fingerprint density at radius 1 is 1.48 bits per heavy atom. The number of sulfonamides is 1. The van der Waals surface area contributed by atoms with Crippen LogP contribution in [0.25, 0.3) is 0 Å². The molecule has 0 aliphatic rings. The lowest BCUT2D eigenvalue weighted by Crippen LogP contribution is -2.40. The zero-order valence-electron chi connectivity index (χ0n) is 11.2. The van der Waals surface area contributed by atoms with Crippen LogP contribution >= 0.6 is 15.9 Å². The first kappa shape index (κ1) is 17.5. The molecule has 8 nitrogen and oxygen atoms in total. The lowest BCUT2D eigenvalue weighted by molar-refractivity contribution is -0.385. The fourth-order valence-corrected chi connectivity index (χ4v) is 3.90. The number of nitrogens with zero attached hydrogens (tertiary/aromatic N) is 2. The SMILES string of the molecule is CC(C)N(CC(=O)O)S(=O)(=O)c1ccc([N+](=O)[O-])c(Br)c1. The number of hydrogen-bond donors (Lipinski definition) is 1. The third-order valence-corrected chi connectivity index (χ3v) is 5.24. The van der Waals surface area contributed by atoms with E-state index in [0.29, 0.717) is 0 Å². The Morgan fingerprint density at radius 2 is 2.05 bits per heavy atom. The first-order chi connectivity index (χ1) is 9.57. The molecule has 1 N–H and O–H groups in total. The smallest absolute Gasteiger partial charge is 0.318 e. The van der Waals surface area contributed by atoms with Crippen LogP contribution in [0.1, 0.15) is 13.8 Å². The molecule has 0 aliphatic carbocycles. The highest BCUT2D eigenvalue weighted by atomic mass is 79.9. The molecule has 0 bridgehead atoms. The van der Waals surface area contributed by atoms with Crippen molar-refractivity contribution in [1.82, 2.24) is 4.31 Å². The van der Waals surface area contributed by atoms with Gasteiger partial charge in [0.05, 0.1) is 14.3 Å². The first-order valence-corrected chi connectivity index (χ1v) is 7.98. The molecule has 0 unspecified atom stereocenters. The van der Waals surface area contributed by atoms with Gasteiger partial charge in [0.1, 0.15) is 6.54 Å². The Labute approximate surface area is 129 Å². The van der Waals surface area contributed by atoms with Crippen molar-refractivity contribution in [3.05, 3.63) is 32.8 Å². The zero-order chi connectivity index (χ0) is 16.4. The highest BCUT2D eigenvalue weighted by Crippen LogP contribution is 2.29. The molecule has 0 atom stereocenters. The molecule has 0 amide bonds. The summed E-state index contributed by atoms with van der Waals surface area (Å²) in [6, 6.07) is 2.65. The van der Waals surface area contributed by atoms with Crippen molar-refractivity contribution >= 4 is 37.6 Å². The van der Waals surface area contributed by atoms with Crippen molar-refractivity contribution in [2.45, 2.75) is 24.8 Å². The Kier molecular flexibility index (Phi) is 5.42. The fraction of sp³-hybridized carbons (Fsp3) is 0.364. The van der Waals surface area contributed by atoms with Crippen molar-refractivity contribution in [1.29, 1.82) is 0 Å². The third kappa shape index (κ3) is 3.99. The Bertz CT molecular complexity index is 673. The highest BCUT2D eigenvalue weighted by molar-refractivity contribution is 9.10. The minimum absolute atomic E-state index is 0.00704. The molecule has 0 saturated heterocycles. The molecule has 0 aliphatic heterocycles. The van der Waals surface area contributed by atoms with Gasteiger partial charge in [-0.3, -0.25) is 14.9 Å². The van der Waals surface area contributed by atoms with Gasteiger partial charge in [-0.15, -0.1) is 0 Å². The van der Waals surface area contributed by atoms with E-state index in [-0.39, 0.29) is 15.1 Å². The first-order valence-electron chi connectivity index (χ1n) is 5.75. The minimum Gasteiger partial charge on any atom is -0.480 e. The topological polar surface area (TPSA) is 118 Å². The molecule has 0 radical (unpaired) electrons. The van der Waals surface area contributed by atoms with Gasteiger partial charge in [0, 0.05) is 12.1 Å². The quantitative estimate of drug-likeness (QED) is 0.594. The van der Waals surface area contributed by atoms with E-state index in [1.807, 2.05) is 0 Å². The van der Waals surface area contributed by atoms with Crippen molar-refractivity contribution in [3.8, 4) is 0 Å². The number of carbonyl (C=O) groups is 1. The van der Waals surface area contributed by atoms with Crippen molar-refractivity contribution in [2.75, 3.05) is 6.54 Å². The summed E-state index contributed by atoms with van der Waals surface area (Å²) < 4.78 is 25.6. The molecular formula is C11H13BrN2O6S. The van der Waals surface area contributed by atoms with Crippen LogP contribution in [-0.2, 0) is 14.8 Å². The van der Waals surface area contributed by atoms with E-state index in [9.17, 15) is 23.3 Å². The maximum Gasteiger partial charge on any atom is 0.318 e.